The van der Waals surface area contributed by atoms with E-state index in [2.05, 4.69) is 5.10 Å². The lowest BCUT2D eigenvalue weighted by atomic mass is 10.2. The zero-order valence-electron chi connectivity index (χ0n) is 12.0. The van der Waals surface area contributed by atoms with Gasteiger partial charge in [0.1, 0.15) is 18.4 Å². The number of benzene rings is 1. The van der Waals surface area contributed by atoms with Gasteiger partial charge >= 0.3 is 0 Å². The lowest BCUT2D eigenvalue weighted by molar-refractivity contribution is -0.901. The number of hydrogen-bond acceptors (Lipinski definition) is 4. The summed E-state index contributed by atoms with van der Waals surface area (Å²) >= 11 is 0. The van der Waals surface area contributed by atoms with Crippen LogP contribution in [0.3, 0.4) is 0 Å². The van der Waals surface area contributed by atoms with Crippen LogP contribution in [-0.2, 0) is 0 Å². The molecule has 0 aliphatic carbocycles. The first-order valence-corrected chi connectivity index (χ1v) is 6.31. The molecule has 0 fully saturated rings. The molecule has 1 aromatic carbocycles. The van der Waals surface area contributed by atoms with E-state index in [1.165, 1.54) is 7.11 Å². The van der Waals surface area contributed by atoms with Crippen molar-refractivity contribution in [2.75, 3.05) is 27.7 Å². The van der Waals surface area contributed by atoms with Crippen LogP contribution in [0.15, 0.2) is 29.4 Å². The quantitative estimate of drug-likeness (QED) is 0.369. The Kier molecular flexibility index (Phi) is 7.24. The van der Waals surface area contributed by atoms with Crippen molar-refractivity contribution in [1.82, 2.24) is 0 Å². The van der Waals surface area contributed by atoms with Crippen molar-refractivity contribution < 1.29 is 19.5 Å². The molecule has 1 unspecified atom stereocenters. The van der Waals surface area contributed by atoms with Crippen molar-refractivity contribution in [3.63, 3.8) is 0 Å². The highest BCUT2D eigenvalue weighted by atomic mass is 16.5. The summed E-state index contributed by atoms with van der Waals surface area (Å²) in [6.45, 7) is 2.30. The van der Waals surface area contributed by atoms with Crippen LogP contribution in [-0.4, -0.2) is 49.5 Å². The van der Waals surface area contributed by atoms with Gasteiger partial charge in [0.15, 0.2) is 0 Å². The number of rotatable bonds is 6. The predicted molar refractivity (Wildman–Crippen MR) is 79.5 cm³/mol. The summed E-state index contributed by atoms with van der Waals surface area (Å²) in [4.78, 5) is 0. The average Bonchev–Trinajstić information content (AvgIpc) is 2.37. The second-order valence-corrected chi connectivity index (χ2v) is 4.97. The van der Waals surface area contributed by atoms with Crippen LogP contribution in [0.1, 0.15) is 26.3 Å². The summed E-state index contributed by atoms with van der Waals surface area (Å²) in [6.07, 6.45) is 0.171. The fourth-order valence-electron chi connectivity index (χ4n) is 1.81. The van der Waals surface area contributed by atoms with E-state index >= 15 is 0 Å². The number of nitrogens with zero attached hydrogens (tertiary/aromatic N) is 2. The van der Waals surface area contributed by atoms with Gasteiger partial charge in [-0.05, 0) is 12.5 Å². The fourth-order valence-corrected chi connectivity index (χ4v) is 1.81. The highest BCUT2D eigenvalue weighted by molar-refractivity contribution is 5.93. The Morgan fingerprint density at radius 1 is 1.40 bits per heavy atom. The molecule has 0 radical (unpaired) electrons. The molecule has 0 heterocycles. The Morgan fingerprint density at radius 2 is 2.00 bits per heavy atom. The molecule has 1 rings (SSSR count). The summed E-state index contributed by atoms with van der Waals surface area (Å²) in [5.41, 5.74) is 0.433. The van der Waals surface area contributed by atoms with E-state index < -0.39 is 6.10 Å². The molecule has 0 saturated carbocycles. The van der Waals surface area contributed by atoms with Crippen LogP contribution in [0.25, 0.3) is 0 Å². The van der Waals surface area contributed by atoms with Crippen molar-refractivity contribution in [1.29, 1.82) is 0 Å². The lowest BCUT2D eigenvalue weighted by Crippen LogP contribution is -2.43. The Morgan fingerprint density at radius 3 is 2.55 bits per heavy atom. The van der Waals surface area contributed by atoms with E-state index in [-0.39, 0.29) is 17.9 Å². The van der Waals surface area contributed by atoms with Crippen molar-refractivity contribution in [3.8, 4) is 5.75 Å². The van der Waals surface area contributed by atoms with Gasteiger partial charge in [0, 0.05) is 5.56 Å². The third kappa shape index (κ3) is 5.19. The second kappa shape index (κ2) is 7.87. The summed E-state index contributed by atoms with van der Waals surface area (Å²) < 4.78 is 5.24. The van der Waals surface area contributed by atoms with Crippen LogP contribution < -0.4 is 9.84 Å². The maximum Gasteiger partial charge on any atom is 0.129 e. The summed E-state index contributed by atoms with van der Waals surface area (Å²) in [7, 11) is 5.09. The van der Waals surface area contributed by atoms with E-state index in [1.54, 1.807) is 38.4 Å². The van der Waals surface area contributed by atoms with Gasteiger partial charge in [-0.2, -0.15) is 0 Å². The van der Waals surface area contributed by atoms with Crippen molar-refractivity contribution in [2.24, 2.45) is 5.10 Å². The van der Waals surface area contributed by atoms with Crippen molar-refractivity contribution in [3.05, 3.63) is 29.8 Å². The molecule has 1 atom stereocenters. The molecule has 5 heteroatoms. The SMILES string of the molecule is C.CCC(O)C[N+](C)(C)N=C([O-])c1ccccc1OC. The number of aliphatic hydroxyl groups excluding tert-OH is 1. The number of aliphatic hydroxyl groups is 1. The number of hydrogen-bond donors (Lipinski definition) is 1. The molecular formula is C15H26N2O3. The third-order valence-electron chi connectivity index (χ3n) is 2.83. The molecule has 1 aromatic rings. The van der Waals surface area contributed by atoms with Gasteiger partial charge in [-0.1, -0.05) is 37.7 Å². The number of methoxy groups -OCH3 is 1. The fraction of sp³-hybridized carbons (Fsp3) is 0.533. The molecule has 1 N–H and O–H groups in total. The Balaban J connectivity index is 0.00000361. The van der Waals surface area contributed by atoms with E-state index in [9.17, 15) is 10.2 Å². The topological polar surface area (TPSA) is 64.9 Å². The van der Waals surface area contributed by atoms with Crippen LogP contribution in [0, 0.1) is 0 Å². The largest absolute Gasteiger partial charge is 0.854 e. The minimum atomic E-state index is -0.468. The van der Waals surface area contributed by atoms with E-state index in [1.807, 2.05) is 6.92 Å². The van der Waals surface area contributed by atoms with Crippen molar-refractivity contribution >= 4 is 5.90 Å². The normalized spacial score (nSPS) is 13.6. The summed E-state index contributed by atoms with van der Waals surface area (Å²) in [6, 6.07) is 6.98. The van der Waals surface area contributed by atoms with E-state index in [4.69, 9.17) is 4.74 Å². The first-order chi connectivity index (χ1) is 8.89. The van der Waals surface area contributed by atoms with Crippen LogP contribution in [0.4, 0.5) is 0 Å². The standard InChI is InChI=1S/C14H22N2O3.CH4/c1-5-11(17)10-16(2,3)15-14(18)12-8-6-7-9-13(12)19-4;/h6-9,11,17H,5,10H2,1-4H3;1H4. The lowest BCUT2D eigenvalue weighted by Gasteiger charge is -2.27. The van der Waals surface area contributed by atoms with Crippen LogP contribution in [0.2, 0.25) is 0 Å². The zero-order chi connectivity index (χ0) is 14.5. The van der Waals surface area contributed by atoms with Crippen LogP contribution >= 0.6 is 0 Å². The monoisotopic (exact) mass is 282 g/mol. The van der Waals surface area contributed by atoms with Gasteiger partial charge in [-0.25, -0.2) is 4.59 Å². The predicted octanol–water partition coefficient (Wildman–Crippen LogP) is 1.20. The maximum atomic E-state index is 12.2. The molecule has 0 bridgehead atoms. The molecular weight excluding hydrogens is 256 g/mol. The number of ether oxygens (including phenoxy) is 1. The van der Waals surface area contributed by atoms with Crippen LogP contribution in [0.5, 0.6) is 5.75 Å². The van der Waals surface area contributed by atoms with Gasteiger partial charge < -0.3 is 14.9 Å². The molecule has 0 aromatic heterocycles. The molecule has 0 aliphatic heterocycles. The minimum absolute atomic E-state index is 0. The molecule has 0 aliphatic rings. The van der Waals surface area contributed by atoms with E-state index in [0.29, 0.717) is 24.3 Å². The Hall–Kier alpha value is -1.59. The molecule has 0 amide bonds. The second-order valence-electron chi connectivity index (χ2n) is 4.97. The summed E-state index contributed by atoms with van der Waals surface area (Å²) in [5, 5.41) is 26.0. The van der Waals surface area contributed by atoms with Crippen molar-refractivity contribution in [2.45, 2.75) is 26.9 Å². The Bertz CT molecular complexity index is 444. The molecule has 0 saturated heterocycles. The molecule has 20 heavy (non-hydrogen) atoms. The number of para-hydroxylation sites is 1. The first kappa shape index (κ1) is 18.4. The molecule has 114 valence electrons. The van der Waals surface area contributed by atoms with Gasteiger partial charge in [0.2, 0.25) is 0 Å². The first-order valence-electron chi connectivity index (χ1n) is 6.31. The zero-order valence-corrected chi connectivity index (χ0v) is 12.0. The van der Waals surface area contributed by atoms with Gasteiger partial charge in [0.05, 0.1) is 27.1 Å². The van der Waals surface area contributed by atoms with Gasteiger partial charge in [0.25, 0.3) is 0 Å². The Labute approximate surface area is 121 Å². The molecule has 5 nitrogen and oxygen atoms in total. The summed E-state index contributed by atoms with van der Waals surface area (Å²) in [5.74, 6) is 0.165. The highest BCUT2D eigenvalue weighted by Gasteiger charge is 2.19. The third-order valence-corrected chi connectivity index (χ3v) is 2.83. The average molecular weight is 282 g/mol. The minimum Gasteiger partial charge on any atom is -0.854 e. The maximum absolute atomic E-state index is 12.2. The number of quaternary nitrogens is 1. The smallest absolute Gasteiger partial charge is 0.129 e. The van der Waals surface area contributed by atoms with Gasteiger partial charge in [-0.15, -0.1) is 0 Å². The van der Waals surface area contributed by atoms with E-state index in [0.717, 1.165) is 0 Å². The van der Waals surface area contributed by atoms with Gasteiger partial charge in [-0.3, -0.25) is 0 Å². The molecule has 0 spiro atoms. The highest BCUT2D eigenvalue weighted by Crippen LogP contribution is 2.17. The number of likely N-dealkylation sites (N-methyl/N-ethyl adjacent to an activating group) is 1.